The summed E-state index contributed by atoms with van der Waals surface area (Å²) in [5, 5.41) is 14.6. The molecule has 2 aliphatic heterocycles. The molecule has 0 aliphatic carbocycles. The number of nitrogens with one attached hydrogen (secondary N) is 2. The Morgan fingerprint density at radius 1 is 1.36 bits per heavy atom. The first-order valence-electron chi connectivity index (χ1n) is 8.19. The van der Waals surface area contributed by atoms with Gasteiger partial charge in [0.1, 0.15) is 11.9 Å². The number of hydrogen-bond acceptors (Lipinski definition) is 5. The van der Waals surface area contributed by atoms with Crippen molar-refractivity contribution in [1.29, 1.82) is 5.26 Å². The van der Waals surface area contributed by atoms with E-state index < -0.39 is 0 Å². The molecule has 0 aromatic carbocycles. The van der Waals surface area contributed by atoms with Gasteiger partial charge in [-0.3, -0.25) is 4.79 Å². The third-order valence-corrected chi connectivity index (χ3v) is 4.49. The van der Waals surface area contributed by atoms with Crippen LogP contribution in [0.2, 0.25) is 0 Å². The van der Waals surface area contributed by atoms with Gasteiger partial charge in [0.05, 0.1) is 17.2 Å². The van der Waals surface area contributed by atoms with Crippen molar-refractivity contribution in [3.8, 4) is 6.07 Å². The molecule has 0 saturated carbocycles. The number of allylic oxidation sites excluding steroid dienone is 1. The summed E-state index contributed by atoms with van der Waals surface area (Å²) >= 11 is 0. The van der Waals surface area contributed by atoms with Gasteiger partial charge in [-0.1, -0.05) is 0 Å². The third kappa shape index (κ3) is 3.26. The van der Waals surface area contributed by atoms with Crippen LogP contribution in [0.1, 0.15) is 19.4 Å². The standard InChI is InChI=1S/C17H20N6O2/c1-11-14(12(2)21-17(25)20-11)16(24)23-8-6-22(7-9-23)15-13(10-18)4-3-5-19-15/h3-5,11H,6-9H2,1-2H3,(H2,20,21,25)/t11-/m0/s1. The molecule has 0 radical (unpaired) electrons. The van der Waals surface area contributed by atoms with Crippen LogP contribution in [-0.2, 0) is 4.79 Å². The van der Waals surface area contributed by atoms with E-state index in [1.165, 1.54) is 0 Å². The summed E-state index contributed by atoms with van der Waals surface area (Å²) in [7, 11) is 0. The average molecular weight is 340 g/mol. The lowest BCUT2D eigenvalue weighted by Crippen LogP contribution is -2.54. The highest BCUT2D eigenvalue weighted by Gasteiger charge is 2.31. The van der Waals surface area contributed by atoms with Gasteiger partial charge in [-0.15, -0.1) is 0 Å². The van der Waals surface area contributed by atoms with Crippen LogP contribution in [0.25, 0.3) is 0 Å². The van der Waals surface area contributed by atoms with Crippen molar-refractivity contribution in [2.45, 2.75) is 19.9 Å². The maximum Gasteiger partial charge on any atom is 0.319 e. The molecule has 3 rings (SSSR count). The van der Waals surface area contributed by atoms with Crippen LogP contribution < -0.4 is 15.5 Å². The molecule has 3 heterocycles. The lowest BCUT2D eigenvalue weighted by atomic mass is 10.0. The van der Waals surface area contributed by atoms with Gasteiger partial charge < -0.3 is 20.4 Å². The van der Waals surface area contributed by atoms with E-state index in [1.807, 2.05) is 4.90 Å². The molecule has 0 bridgehead atoms. The minimum absolute atomic E-state index is 0.0707. The molecule has 0 spiro atoms. The zero-order valence-electron chi connectivity index (χ0n) is 14.2. The fourth-order valence-corrected chi connectivity index (χ4v) is 3.24. The molecule has 1 atom stereocenters. The van der Waals surface area contributed by atoms with Crippen molar-refractivity contribution in [2.75, 3.05) is 31.1 Å². The van der Waals surface area contributed by atoms with Gasteiger partial charge in [0, 0.05) is 38.1 Å². The summed E-state index contributed by atoms with van der Waals surface area (Å²) in [6.45, 7) is 5.84. The Morgan fingerprint density at radius 2 is 2.08 bits per heavy atom. The maximum absolute atomic E-state index is 12.8. The van der Waals surface area contributed by atoms with E-state index in [-0.39, 0.29) is 18.0 Å². The summed E-state index contributed by atoms with van der Waals surface area (Å²) in [6.07, 6.45) is 1.67. The van der Waals surface area contributed by atoms with E-state index in [1.54, 1.807) is 37.1 Å². The van der Waals surface area contributed by atoms with Crippen molar-refractivity contribution in [2.24, 2.45) is 0 Å². The van der Waals surface area contributed by atoms with E-state index in [2.05, 4.69) is 21.7 Å². The van der Waals surface area contributed by atoms with Crippen LogP contribution in [0.3, 0.4) is 0 Å². The highest BCUT2D eigenvalue weighted by atomic mass is 16.2. The van der Waals surface area contributed by atoms with Crippen LogP contribution in [0.4, 0.5) is 10.6 Å². The van der Waals surface area contributed by atoms with Gasteiger partial charge in [0.25, 0.3) is 5.91 Å². The predicted octanol–water partition coefficient (Wildman–Crippen LogP) is 0.577. The van der Waals surface area contributed by atoms with Crippen molar-refractivity contribution < 1.29 is 9.59 Å². The number of amides is 3. The molecule has 1 aromatic rings. The SMILES string of the molecule is CC1=C(C(=O)N2CCN(c3ncccc3C#N)CC2)[C@H](C)NC(=O)N1. The van der Waals surface area contributed by atoms with Gasteiger partial charge in [-0.2, -0.15) is 5.26 Å². The second-order valence-electron chi connectivity index (χ2n) is 6.12. The minimum Gasteiger partial charge on any atom is -0.352 e. The molecule has 1 aromatic heterocycles. The molecule has 3 amide bonds. The number of urea groups is 1. The van der Waals surface area contributed by atoms with E-state index in [0.29, 0.717) is 48.8 Å². The van der Waals surface area contributed by atoms with Crippen molar-refractivity contribution in [1.82, 2.24) is 20.5 Å². The summed E-state index contributed by atoms with van der Waals surface area (Å²) in [5.74, 6) is 0.589. The topological polar surface area (TPSA) is 101 Å². The second kappa shape index (κ2) is 6.81. The minimum atomic E-state index is -0.319. The number of hydrogen-bond donors (Lipinski definition) is 2. The Bertz CT molecular complexity index is 774. The number of anilines is 1. The number of piperazine rings is 1. The lowest BCUT2D eigenvalue weighted by molar-refractivity contribution is -0.127. The molecular weight excluding hydrogens is 320 g/mol. The van der Waals surface area contributed by atoms with E-state index in [4.69, 9.17) is 0 Å². The Kier molecular flexibility index (Phi) is 4.57. The van der Waals surface area contributed by atoms with E-state index in [9.17, 15) is 14.9 Å². The number of aromatic nitrogens is 1. The Morgan fingerprint density at radius 3 is 2.72 bits per heavy atom. The van der Waals surface area contributed by atoms with E-state index >= 15 is 0 Å². The van der Waals surface area contributed by atoms with Crippen LogP contribution in [0.15, 0.2) is 29.6 Å². The van der Waals surface area contributed by atoms with Crippen LogP contribution in [0, 0.1) is 11.3 Å². The van der Waals surface area contributed by atoms with Crippen molar-refractivity contribution >= 4 is 17.8 Å². The van der Waals surface area contributed by atoms with Gasteiger partial charge >= 0.3 is 6.03 Å². The predicted molar refractivity (Wildman–Crippen MR) is 91.6 cm³/mol. The molecule has 8 heteroatoms. The Hall–Kier alpha value is -3.08. The zero-order chi connectivity index (χ0) is 18.0. The fourth-order valence-electron chi connectivity index (χ4n) is 3.24. The molecule has 2 aliphatic rings. The van der Waals surface area contributed by atoms with Crippen molar-refractivity contribution in [3.05, 3.63) is 35.2 Å². The summed E-state index contributed by atoms with van der Waals surface area (Å²) < 4.78 is 0. The first-order chi connectivity index (χ1) is 12.0. The summed E-state index contributed by atoms with van der Waals surface area (Å²) in [5.41, 5.74) is 1.72. The highest BCUT2D eigenvalue weighted by molar-refractivity contribution is 5.98. The number of carbonyl (C=O) groups is 2. The maximum atomic E-state index is 12.8. The number of carbonyl (C=O) groups excluding carboxylic acids is 2. The molecule has 25 heavy (non-hydrogen) atoms. The zero-order valence-corrected chi connectivity index (χ0v) is 14.2. The van der Waals surface area contributed by atoms with Gasteiger partial charge in [-0.05, 0) is 26.0 Å². The third-order valence-electron chi connectivity index (χ3n) is 4.49. The second-order valence-corrected chi connectivity index (χ2v) is 6.12. The van der Waals surface area contributed by atoms with Crippen molar-refractivity contribution in [3.63, 3.8) is 0 Å². The molecule has 0 unspecified atom stereocenters. The first-order valence-corrected chi connectivity index (χ1v) is 8.19. The number of pyridine rings is 1. The van der Waals surface area contributed by atoms with Gasteiger partial charge in [-0.25, -0.2) is 9.78 Å². The monoisotopic (exact) mass is 340 g/mol. The number of rotatable bonds is 2. The largest absolute Gasteiger partial charge is 0.352 e. The normalized spacial score (nSPS) is 20.7. The van der Waals surface area contributed by atoms with Crippen LogP contribution in [0.5, 0.6) is 0 Å². The fraction of sp³-hybridized carbons (Fsp3) is 0.412. The Labute approximate surface area is 146 Å². The quantitative estimate of drug-likeness (QED) is 0.820. The molecular formula is C17H20N6O2. The molecule has 8 nitrogen and oxygen atoms in total. The molecule has 1 saturated heterocycles. The van der Waals surface area contributed by atoms with Crippen LogP contribution >= 0.6 is 0 Å². The molecule has 1 fully saturated rings. The smallest absolute Gasteiger partial charge is 0.319 e. The Balaban J connectivity index is 1.70. The highest BCUT2D eigenvalue weighted by Crippen LogP contribution is 2.20. The lowest BCUT2D eigenvalue weighted by Gasteiger charge is -2.37. The average Bonchev–Trinajstić information content (AvgIpc) is 2.61. The molecule has 130 valence electrons. The number of nitrogens with zero attached hydrogens (tertiary/aromatic N) is 4. The van der Waals surface area contributed by atoms with Crippen LogP contribution in [-0.4, -0.2) is 54.0 Å². The number of nitriles is 1. The van der Waals surface area contributed by atoms with Gasteiger partial charge in [0.2, 0.25) is 0 Å². The summed E-state index contributed by atoms with van der Waals surface area (Å²) in [4.78, 5) is 32.4. The van der Waals surface area contributed by atoms with E-state index in [0.717, 1.165) is 0 Å². The first kappa shape index (κ1) is 16.8. The molecule has 2 N–H and O–H groups in total. The summed E-state index contributed by atoms with van der Waals surface area (Å²) in [6, 6.07) is 5.03. The van der Waals surface area contributed by atoms with Gasteiger partial charge in [0.15, 0.2) is 0 Å².